The maximum Gasteiger partial charge on any atom is 0.320 e. The minimum absolute atomic E-state index is 0.152. The first-order chi connectivity index (χ1) is 10.9. The van der Waals surface area contributed by atoms with Crippen LogP contribution in [0.5, 0.6) is 0 Å². The monoisotopic (exact) mass is 338 g/mol. The van der Waals surface area contributed by atoms with Gasteiger partial charge < -0.3 is 4.74 Å². The average Bonchev–Trinajstić information content (AvgIpc) is 2.86. The van der Waals surface area contributed by atoms with Gasteiger partial charge in [0.05, 0.1) is 12.4 Å². The number of sulfone groups is 1. The Morgan fingerprint density at radius 3 is 2.65 bits per heavy atom. The molecule has 7 heteroatoms. The highest BCUT2D eigenvalue weighted by Gasteiger charge is 2.49. The van der Waals surface area contributed by atoms with Gasteiger partial charge in [-0.1, -0.05) is 24.3 Å². The molecule has 0 amide bonds. The lowest BCUT2D eigenvalue weighted by molar-refractivity contribution is -0.137. The number of carbonyl (C=O) groups is 1. The van der Waals surface area contributed by atoms with Crippen molar-refractivity contribution in [1.82, 2.24) is 5.01 Å². The summed E-state index contributed by atoms with van der Waals surface area (Å²) in [5.74, 6) is 4.59. The number of benzene rings is 1. The van der Waals surface area contributed by atoms with Crippen molar-refractivity contribution in [2.24, 2.45) is 5.84 Å². The van der Waals surface area contributed by atoms with Gasteiger partial charge in [0.2, 0.25) is 0 Å². The van der Waals surface area contributed by atoms with Gasteiger partial charge in [0, 0.05) is 13.1 Å². The molecule has 1 aliphatic heterocycles. The molecule has 1 heterocycles. The summed E-state index contributed by atoms with van der Waals surface area (Å²) in [4.78, 5) is 11.5. The highest BCUT2D eigenvalue weighted by Crippen LogP contribution is 2.53. The number of carbonyl (C=O) groups excluding carboxylic acids is 1. The van der Waals surface area contributed by atoms with Gasteiger partial charge in [-0.25, -0.2) is 13.4 Å². The van der Waals surface area contributed by atoms with E-state index >= 15 is 0 Å². The lowest BCUT2D eigenvalue weighted by Gasteiger charge is -2.38. The molecule has 1 aliphatic carbocycles. The summed E-state index contributed by atoms with van der Waals surface area (Å²) in [7, 11) is -2.39. The molecular formula is C16H22N2O4S. The van der Waals surface area contributed by atoms with Crippen molar-refractivity contribution in [1.29, 1.82) is 0 Å². The van der Waals surface area contributed by atoms with E-state index in [-0.39, 0.29) is 5.41 Å². The highest BCUT2D eigenvalue weighted by molar-refractivity contribution is 7.92. The van der Waals surface area contributed by atoms with E-state index in [2.05, 4.69) is 4.74 Å². The molecule has 1 aromatic carbocycles. The van der Waals surface area contributed by atoms with Gasteiger partial charge in [0.15, 0.2) is 9.84 Å². The number of esters is 1. The minimum Gasteiger partial charge on any atom is -0.468 e. The first kappa shape index (κ1) is 16.4. The van der Waals surface area contributed by atoms with Crippen LogP contribution in [0.1, 0.15) is 35.6 Å². The second-order valence-electron chi connectivity index (χ2n) is 6.48. The van der Waals surface area contributed by atoms with Gasteiger partial charge >= 0.3 is 5.97 Å². The number of nitrogens with two attached hydrogens (primary N) is 1. The van der Waals surface area contributed by atoms with Crippen LogP contribution in [0.25, 0.3) is 0 Å². The van der Waals surface area contributed by atoms with Crippen LogP contribution in [0.4, 0.5) is 0 Å². The summed E-state index contributed by atoms with van der Waals surface area (Å²) in [5, 5.41) is 1.14. The third-order valence-electron chi connectivity index (χ3n) is 5.19. The van der Waals surface area contributed by atoms with Crippen LogP contribution in [-0.4, -0.2) is 45.3 Å². The molecule has 0 bridgehead atoms. The molecule has 0 aromatic heterocycles. The van der Waals surface area contributed by atoms with E-state index < -0.39 is 26.8 Å². The first-order valence-electron chi connectivity index (χ1n) is 7.75. The van der Waals surface area contributed by atoms with Crippen molar-refractivity contribution in [3.63, 3.8) is 0 Å². The molecule has 2 aliphatic rings. The maximum atomic E-state index is 12.7. The normalized spacial score (nSPS) is 23.7. The highest BCUT2D eigenvalue weighted by atomic mass is 32.2. The number of rotatable bonds is 3. The number of hydrogen-bond donors (Lipinski definition) is 1. The molecule has 126 valence electrons. The van der Waals surface area contributed by atoms with E-state index in [0.29, 0.717) is 6.42 Å². The molecule has 1 unspecified atom stereocenters. The zero-order valence-electron chi connectivity index (χ0n) is 13.2. The first-order valence-corrected chi connectivity index (χ1v) is 9.47. The van der Waals surface area contributed by atoms with Gasteiger partial charge in [-0.3, -0.25) is 10.6 Å². The van der Waals surface area contributed by atoms with Gasteiger partial charge in [-0.15, -0.1) is 0 Å². The summed E-state index contributed by atoms with van der Waals surface area (Å²) < 4.78 is 30.0. The number of fused-ring (bicyclic) bond motifs is 2. The van der Waals surface area contributed by atoms with E-state index in [1.165, 1.54) is 7.11 Å². The summed E-state index contributed by atoms with van der Waals surface area (Å²) in [6, 6.07) is 7.70. The number of piperidine rings is 1. The van der Waals surface area contributed by atoms with Crippen LogP contribution in [0.15, 0.2) is 24.3 Å². The molecule has 1 saturated heterocycles. The second kappa shape index (κ2) is 5.89. The number of ether oxygens (including phenoxy) is 1. The fraction of sp³-hybridized carbons (Fsp3) is 0.562. The zero-order valence-corrected chi connectivity index (χ0v) is 14.0. The fourth-order valence-electron chi connectivity index (χ4n) is 3.91. The van der Waals surface area contributed by atoms with Crippen LogP contribution >= 0.6 is 0 Å². The Hall–Kier alpha value is -1.44. The molecular weight excluding hydrogens is 316 g/mol. The van der Waals surface area contributed by atoms with E-state index in [9.17, 15) is 13.2 Å². The van der Waals surface area contributed by atoms with Crippen molar-refractivity contribution in [2.45, 2.75) is 29.9 Å². The quantitative estimate of drug-likeness (QED) is 0.651. The Bertz CT molecular complexity index is 709. The van der Waals surface area contributed by atoms with Crippen LogP contribution in [-0.2, 0) is 24.8 Å². The van der Waals surface area contributed by atoms with Crippen LogP contribution < -0.4 is 5.84 Å². The number of nitrogens with zero attached hydrogens (tertiary/aromatic N) is 1. The molecule has 23 heavy (non-hydrogen) atoms. The van der Waals surface area contributed by atoms with Crippen molar-refractivity contribution in [2.75, 3.05) is 26.0 Å². The van der Waals surface area contributed by atoms with Crippen molar-refractivity contribution in [3.8, 4) is 0 Å². The Balaban J connectivity index is 1.97. The van der Waals surface area contributed by atoms with E-state index in [1.807, 2.05) is 24.3 Å². The van der Waals surface area contributed by atoms with Crippen molar-refractivity contribution in [3.05, 3.63) is 35.4 Å². The molecule has 6 nitrogen and oxygen atoms in total. The molecule has 1 atom stereocenters. The third kappa shape index (κ3) is 2.88. The average molecular weight is 338 g/mol. The van der Waals surface area contributed by atoms with Crippen molar-refractivity contribution < 1.29 is 17.9 Å². The standard InChI is InChI=1S/C16H22N2O4S/c1-22-15(19)11-23(20,21)14-10-16(6-8-18(17)9-7-16)13-5-3-2-4-12(13)14/h2-5,14H,6-11,17H2,1H3. The van der Waals surface area contributed by atoms with E-state index in [1.54, 1.807) is 5.01 Å². The number of methoxy groups -OCH3 is 1. The van der Waals surface area contributed by atoms with E-state index in [0.717, 1.165) is 37.1 Å². The van der Waals surface area contributed by atoms with Crippen molar-refractivity contribution >= 4 is 15.8 Å². The Morgan fingerprint density at radius 1 is 1.35 bits per heavy atom. The molecule has 2 N–H and O–H groups in total. The Morgan fingerprint density at radius 2 is 2.00 bits per heavy atom. The molecule has 0 saturated carbocycles. The van der Waals surface area contributed by atoms with Gasteiger partial charge in [0.25, 0.3) is 0 Å². The third-order valence-corrected chi connectivity index (χ3v) is 7.12. The summed E-state index contributed by atoms with van der Waals surface area (Å²) >= 11 is 0. The molecule has 1 fully saturated rings. The predicted molar refractivity (Wildman–Crippen MR) is 86.3 cm³/mol. The molecule has 1 aromatic rings. The van der Waals surface area contributed by atoms with E-state index in [4.69, 9.17) is 5.84 Å². The summed E-state index contributed by atoms with van der Waals surface area (Å²) in [6.07, 6.45) is 2.20. The Kier molecular flexibility index (Phi) is 4.20. The van der Waals surface area contributed by atoms with Gasteiger partial charge in [-0.05, 0) is 35.8 Å². The maximum absolute atomic E-state index is 12.7. The molecule has 0 radical (unpaired) electrons. The van der Waals surface area contributed by atoms with Crippen LogP contribution in [0.3, 0.4) is 0 Å². The lowest BCUT2D eigenvalue weighted by atomic mass is 9.74. The number of hydrazine groups is 1. The lowest BCUT2D eigenvalue weighted by Crippen LogP contribution is -2.45. The largest absolute Gasteiger partial charge is 0.468 e. The number of hydrogen-bond acceptors (Lipinski definition) is 6. The fourth-order valence-corrected chi connectivity index (χ4v) is 5.72. The molecule has 3 rings (SSSR count). The zero-order chi connectivity index (χ0) is 16.7. The van der Waals surface area contributed by atoms with Crippen LogP contribution in [0, 0.1) is 0 Å². The summed E-state index contributed by atoms with van der Waals surface area (Å²) in [5.41, 5.74) is 1.79. The summed E-state index contributed by atoms with van der Waals surface area (Å²) in [6.45, 7) is 1.50. The van der Waals surface area contributed by atoms with Gasteiger partial charge in [-0.2, -0.15) is 0 Å². The molecule has 1 spiro atoms. The van der Waals surface area contributed by atoms with Crippen LogP contribution in [0.2, 0.25) is 0 Å². The smallest absolute Gasteiger partial charge is 0.320 e. The second-order valence-corrected chi connectivity index (χ2v) is 8.66. The topological polar surface area (TPSA) is 89.7 Å². The minimum atomic E-state index is -3.59. The predicted octanol–water partition coefficient (Wildman–Crippen LogP) is 0.927. The van der Waals surface area contributed by atoms with Gasteiger partial charge in [0.1, 0.15) is 5.75 Å². The Labute approximate surface area is 136 Å². The SMILES string of the molecule is COC(=O)CS(=O)(=O)C1CC2(CCN(N)CC2)c2ccccc21.